The number of benzene rings is 1. The van der Waals surface area contributed by atoms with Crippen LogP contribution >= 0.6 is 0 Å². The third-order valence-electron chi connectivity index (χ3n) is 1.28. The Labute approximate surface area is 62.9 Å². The summed E-state index contributed by atoms with van der Waals surface area (Å²) >= 11 is 0. The summed E-state index contributed by atoms with van der Waals surface area (Å²) in [6.45, 7) is 0. The molecule has 0 aliphatic rings. The van der Waals surface area contributed by atoms with Gasteiger partial charge in [-0.15, -0.1) is 0 Å². The molecule has 1 aromatic rings. The van der Waals surface area contributed by atoms with Crippen molar-refractivity contribution < 1.29 is 8.78 Å². The number of nitriles is 1. The first kappa shape index (κ1) is 7.67. The lowest BCUT2D eigenvalue weighted by molar-refractivity contribution is 0.423. The number of halogens is 2. The maximum Gasteiger partial charge on any atom is 0.211 e. The monoisotopic (exact) mass is 153 g/mol. The summed E-state index contributed by atoms with van der Waals surface area (Å²) in [6, 6.07) is 6.17. The molecule has 0 fully saturated rings. The zero-order chi connectivity index (χ0) is 8.27. The van der Waals surface area contributed by atoms with E-state index >= 15 is 0 Å². The maximum atomic E-state index is 12.5. The largest absolute Gasteiger partial charge is 0.226 e. The van der Waals surface area contributed by atoms with Crippen molar-refractivity contribution in [2.24, 2.45) is 0 Å². The number of rotatable bonds is 1. The SMILES string of the molecule is N#C[C@@H](F)c1ccc(F)cc1. The highest BCUT2D eigenvalue weighted by atomic mass is 19.1. The first-order valence-electron chi connectivity index (χ1n) is 3.03. The molecule has 0 spiro atoms. The van der Waals surface area contributed by atoms with Gasteiger partial charge in [0, 0.05) is 5.56 Å². The van der Waals surface area contributed by atoms with Gasteiger partial charge in [0.05, 0.1) is 0 Å². The molecule has 56 valence electrons. The molecule has 0 saturated carbocycles. The van der Waals surface area contributed by atoms with Gasteiger partial charge in [0.15, 0.2) is 0 Å². The Hall–Kier alpha value is -1.43. The lowest BCUT2D eigenvalue weighted by Crippen LogP contribution is -1.86. The van der Waals surface area contributed by atoms with Crippen molar-refractivity contribution in [1.29, 1.82) is 5.26 Å². The Balaban J connectivity index is 2.92. The van der Waals surface area contributed by atoms with Gasteiger partial charge in [-0.05, 0) is 12.1 Å². The summed E-state index contributed by atoms with van der Waals surface area (Å²) in [5, 5.41) is 8.14. The predicted molar refractivity (Wildman–Crippen MR) is 35.9 cm³/mol. The summed E-state index contributed by atoms with van der Waals surface area (Å²) in [6.07, 6.45) is -1.66. The summed E-state index contributed by atoms with van der Waals surface area (Å²) in [5.41, 5.74) is 0.189. The van der Waals surface area contributed by atoms with E-state index in [-0.39, 0.29) is 5.56 Å². The van der Waals surface area contributed by atoms with E-state index in [2.05, 4.69) is 0 Å². The first-order valence-corrected chi connectivity index (χ1v) is 3.03. The average Bonchev–Trinajstić information content (AvgIpc) is 2.05. The van der Waals surface area contributed by atoms with Gasteiger partial charge in [-0.1, -0.05) is 12.1 Å². The van der Waals surface area contributed by atoms with Gasteiger partial charge in [-0.2, -0.15) is 5.26 Å². The molecule has 0 aliphatic heterocycles. The second-order valence-corrected chi connectivity index (χ2v) is 2.04. The number of alkyl halides is 1. The molecule has 0 aromatic heterocycles. The average molecular weight is 153 g/mol. The fourth-order valence-electron chi connectivity index (χ4n) is 0.706. The molecule has 0 heterocycles. The molecular weight excluding hydrogens is 148 g/mol. The van der Waals surface area contributed by atoms with Crippen molar-refractivity contribution in [1.82, 2.24) is 0 Å². The van der Waals surface area contributed by atoms with E-state index in [1.807, 2.05) is 0 Å². The zero-order valence-corrected chi connectivity index (χ0v) is 5.59. The Kier molecular flexibility index (Phi) is 2.17. The highest BCUT2D eigenvalue weighted by molar-refractivity contribution is 5.22. The standard InChI is InChI=1S/C8H5F2N/c9-7-3-1-6(2-4-7)8(10)5-11/h1-4,8H/t8-/m1/s1. The molecule has 1 nitrogen and oxygen atoms in total. The fourth-order valence-corrected chi connectivity index (χ4v) is 0.706. The summed E-state index contributed by atoms with van der Waals surface area (Å²) in [7, 11) is 0. The lowest BCUT2D eigenvalue weighted by Gasteiger charge is -1.97. The minimum atomic E-state index is -1.66. The van der Waals surface area contributed by atoms with Crippen molar-refractivity contribution in [3.05, 3.63) is 35.6 Å². The predicted octanol–water partition coefficient (Wildman–Crippen LogP) is 2.36. The van der Waals surface area contributed by atoms with Crippen molar-refractivity contribution in [2.45, 2.75) is 6.17 Å². The van der Waals surface area contributed by atoms with Gasteiger partial charge >= 0.3 is 0 Å². The van der Waals surface area contributed by atoms with E-state index in [4.69, 9.17) is 5.26 Å². The number of hydrogen-bond donors (Lipinski definition) is 0. The molecule has 11 heavy (non-hydrogen) atoms. The van der Waals surface area contributed by atoms with Crippen LogP contribution < -0.4 is 0 Å². The second kappa shape index (κ2) is 3.11. The van der Waals surface area contributed by atoms with Gasteiger partial charge in [0.25, 0.3) is 0 Å². The highest BCUT2D eigenvalue weighted by Gasteiger charge is 2.06. The Morgan fingerprint density at radius 1 is 1.27 bits per heavy atom. The van der Waals surface area contributed by atoms with Gasteiger partial charge in [0.2, 0.25) is 6.17 Å². The minimum Gasteiger partial charge on any atom is -0.226 e. The van der Waals surface area contributed by atoms with Crippen LogP contribution in [0.15, 0.2) is 24.3 Å². The van der Waals surface area contributed by atoms with E-state index in [0.29, 0.717) is 0 Å². The fraction of sp³-hybridized carbons (Fsp3) is 0.125. The molecule has 1 rings (SSSR count). The van der Waals surface area contributed by atoms with Crippen LogP contribution in [0.1, 0.15) is 11.7 Å². The van der Waals surface area contributed by atoms with Crippen molar-refractivity contribution in [2.75, 3.05) is 0 Å². The van der Waals surface area contributed by atoms with Crippen LogP contribution in [0.3, 0.4) is 0 Å². The molecule has 1 atom stereocenters. The second-order valence-electron chi connectivity index (χ2n) is 2.04. The molecule has 0 unspecified atom stereocenters. The minimum absolute atomic E-state index is 0.189. The Bertz CT molecular complexity index is 273. The van der Waals surface area contributed by atoms with Gasteiger partial charge in [0.1, 0.15) is 11.9 Å². The first-order chi connectivity index (χ1) is 5.24. The molecule has 0 saturated heterocycles. The van der Waals surface area contributed by atoms with Gasteiger partial charge in [-0.3, -0.25) is 0 Å². The topological polar surface area (TPSA) is 23.8 Å². The molecule has 0 amide bonds. The lowest BCUT2D eigenvalue weighted by atomic mass is 10.1. The summed E-state index contributed by atoms with van der Waals surface area (Å²) in [4.78, 5) is 0. The molecule has 0 radical (unpaired) electrons. The van der Waals surface area contributed by atoms with E-state index in [1.54, 1.807) is 0 Å². The van der Waals surface area contributed by atoms with E-state index in [9.17, 15) is 8.78 Å². The molecule has 0 N–H and O–H groups in total. The highest BCUT2D eigenvalue weighted by Crippen LogP contribution is 2.15. The summed E-state index contributed by atoms with van der Waals surface area (Å²) in [5.74, 6) is -0.432. The van der Waals surface area contributed by atoms with Crippen molar-refractivity contribution >= 4 is 0 Å². The molecule has 0 aliphatic carbocycles. The van der Waals surface area contributed by atoms with Crippen LogP contribution in [0.25, 0.3) is 0 Å². The summed E-state index contributed by atoms with van der Waals surface area (Å²) < 4.78 is 24.8. The van der Waals surface area contributed by atoms with Crippen molar-refractivity contribution in [3.8, 4) is 6.07 Å². The normalized spacial score (nSPS) is 12.1. The number of nitrogens with zero attached hydrogens (tertiary/aromatic N) is 1. The Morgan fingerprint density at radius 3 is 2.27 bits per heavy atom. The van der Waals surface area contributed by atoms with E-state index in [1.165, 1.54) is 18.2 Å². The maximum absolute atomic E-state index is 12.5. The molecule has 3 heteroatoms. The molecule has 0 bridgehead atoms. The quantitative estimate of drug-likeness (QED) is 0.607. The Morgan fingerprint density at radius 2 is 1.82 bits per heavy atom. The van der Waals surface area contributed by atoms with E-state index < -0.39 is 12.0 Å². The zero-order valence-electron chi connectivity index (χ0n) is 5.59. The van der Waals surface area contributed by atoms with Crippen LogP contribution in [0, 0.1) is 17.1 Å². The van der Waals surface area contributed by atoms with Crippen LogP contribution in [-0.2, 0) is 0 Å². The molecular formula is C8H5F2N. The van der Waals surface area contributed by atoms with Crippen LogP contribution in [0.4, 0.5) is 8.78 Å². The van der Waals surface area contributed by atoms with Crippen LogP contribution in [-0.4, -0.2) is 0 Å². The van der Waals surface area contributed by atoms with Gasteiger partial charge < -0.3 is 0 Å². The number of hydrogen-bond acceptors (Lipinski definition) is 1. The van der Waals surface area contributed by atoms with Gasteiger partial charge in [-0.25, -0.2) is 8.78 Å². The third kappa shape index (κ3) is 1.74. The van der Waals surface area contributed by atoms with Crippen LogP contribution in [0.5, 0.6) is 0 Å². The van der Waals surface area contributed by atoms with Crippen LogP contribution in [0.2, 0.25) is 0 Å². The molecule has 1 aromatic carbocycles. The van der Waals surface area contributed by atoms with E-state index in [0.717, 1.165) is 12.1 Å². The smallest absolute Gasteiger partial charge is 0.211 e. The third-order valence-corrected chi connectivity index (χ3v) is 1.28. The van der Waals surface area contributed by atoms with Crippen molar-refractivity contribution in [3.63, 3.8) is 0 Å².